The first-order valence-corrected chi connectivity index (χ1v) is 6.62. The fraction of sp³-hybridized carbons (Fsp3) is 0.467. The number of nitrogens with zero attached hydrogens (tertiary/aromatic N) is 2. The molecule has 0 radical (unpaired) electrons. The van der Waals surface area contributed by atoms with Gasteiger partial charge < -0.3 is 4.90 Å². The van der Waals surface area contributed by atoms with Crippen molar-refractivity contribution >= 4 is 5.91 Å². The van der Waals surface area contributed by atoms with E-state index in [2.05, 4.69) is 6.07 Å². The molecule has 0 spiro atoms. The van der Waals surface area contributed by atoms with Crippen molar-refractivity contribution in [2.45, 2.75) is 37.4 Å². The van der Waals surface area contributed by atoms with Crippen LogP contribution in [0, 0.1) is 11.3 Å². The number of rotatable bonds is 3. The maximum Gasteiger partial charge on any atom is 0.416 e. The van der Waals surface area contributed by atoms with Gasteiger partial charge in [0.1, 0.15) is 5.54 Å². The molecule has 0 aromatic heterocycles. The van der Waals surface area contributed by atoms with E-state index in [1.165, 1.54) is 17.0 Å². The highest BCUT2D eigenvalue weighted by Gasteiger charge is 2.43. The van der Waals surface area contributed by atoms with Crippen molar-refractivity contribution < 1.29 is 18.0 Å². The van der Waals surface area contributed by atoms with Gasteiger partial charge in [-0.1, -0.05) is 12.1 Å². The average Bonchev–Trinajstić information content (AvgIpc) is 2.37. The van der Waals surface area contributed by atoms with Crippen LogP contribution in [0.5, 0.6) is 0 Å². The van der Waals surface area contributed by atoms with Crippen LogP contribution in [-0.4, -0.2) is 23.4 Å². The molecule has 0 N–H and O–H groups in total. The molecule has 21 heavy (non-hydrogen) atoms. The minimum atomic E-state index is -4.38. The Morgan fingerprint density at radius 2 is 1.90 bits per heavy atom. The Hall–Kier alpha value is -2.03. The van der Waals surface area contributed by atoms with Crippen molar-refractivity contribution in [1.82, 2.24) is 4.90 Å². The zero-order chi connectivity index (χ0) is 15.7. The van der Waals surface area contributed by atoms with Crippen molar-refractivity contribution in [3.05, 3.63) is 35.4 Å². The second-order valence-electron chi connectivity index (χ2n) is 5.32. The van der Waals surface area contributed by atoms with Crippen molar-refractivity contribution in [2.75, 3.05) is 7.05 Å². The average molecular weight is 296 g/mol. The van der Waals surface area contributed by atoms with Gasteiger partial charge in [0.2, 0.25) is 5.91 Å². The molecule has 2 rings (SSSR count). The Labute approximate surface area is 121 Å². The lowest BCUT2D eigenvalue weighted by atomic mass is 9.76. The Balaban J connectivity index is 2.05. The number of likely N-dealkylation sites (N-methyl/N-ethyl adjacent to an activating group) is 1. The van der Waals surface area contributed by atoms with E-state index in [-0.39, 0.29) is 12.3 Å². The van der Waals surface area contributed by atoms with Crippen LogP contribution in [0.25, 0.3) is 0 Å². The highest BCUT2D eigenvalue weighted by molar-refractivity contribution is 5.80. The second-order valence-corrected chi connectivity index (χ2v) is 5.32. The number of hydrogen-bond acceptors (Lipinski definition) is 2. The number of carbonyl (C=O) groups excluding carboxylic acids is 1. The fourth-order valence-electron chi connectivity index (χ4n) is 2.38. The Morgan fingerprint density at radius 3 is 2.29 bits per heavy atom. The molecule has 6 heteroatoms. The van der Waals surface area contributed by atoms with Gasteiger partial charge in [-0.3, -0.25) is 4.79 Å². The lowest BCUT2D eigenvalue weighted by Gasteiger charge is -2.43. The normalized spacial score (nSPS) is 16.7. The molecular formula is C15H15F3N2O. The standard InChI is InChI=1S/C15H15F3N2O/c1-20(14(10-19)7-2-8-14)13(21)9-11-3-5-12(6-4-11)15(16,17)18/h3-6H,2,7-9H2,1H3. The summed E-state index contributed by atoms with van der Waals surface area (Å²) in [5.74, 6) is -0.254. The molecular weight excluding hydrogens is 281 g/mol. The molecule has 1 aliphatic carbocycles. The van der Waals surface area contributed by atoms with Crippen molar-refractivity contribution in [1.29, 1.82) is 5.26 Å². The minimum absolute atomic E-state index is 0.00192. The van der Waals surface area contributed by atoms with E-state index in [1.807, 2.05) is 0 Å². The van der Waals surface area contributed by atoms with Crippen LogP contribution < -0.4 is 0 Å². The minimum Gasteiger partial charge on any atom is -0.327 e. The molecule has 1 aromatic carbocycles. The van der Waals surface area contributed by atoms with Crippen molar-refractivity contribution in [2.24, 2.45) is 0 Å². The summed E-state index contributed by atoms with van der Waals surface area (Å²) in [7, 11) is 1.58. The van der Waals surface area contributed by atoms with Crippen molar-refractivity contribution in [3.63, 3.8) is 0 Å². The molecule has 1 amide bonds. The van der Waals surface area contributed by atoms with Gasteiger partial charge in [0, 0.05) is 7.05 Å². The first kappa shape index (κ1) is 15.4. The lowest BCUT2D eigenvalue weighted by Crippen LogP contribution is -2.53. The first-order valence-electron chi connectivity index (χ1n) is 6.62. The number of amides is 1. The van der Waals surface area contributed by atoms with E-state index in [1.54, 1.807) is 7.05 Å². The van der Waals surface area contributed by atoms with Gasteiger partial charge in [-0.15, -0.1) is 0 Å². The smallest absolute Gasteiger partial charge is 0.327 e. The largest absolute Gasteiger partial charge is 0.416 e. The highest BCUT2D eigenvalue weighted by Crippen LogP contribution is 2.36. The molecule has 0 saturated heterocycles. The molecule has 0 atom stereocenters. The third-order valence-corrected chi connectivity index (χ3v) is 4.04. The molecule has 0 unspecified atom stereocenters. The van der Waals surface area contributed by atoms with Crippen LogP contribution in [0.4, 0.5) is 13.2 Å². The summed E-state index contributed by atoms with van der Waals surface area (Å²) in [5, 5.41) is 9.18. The summed E-state index contributed by atoms with van der Waals surface area (Å²) in [6, 6.07) is 6.70. The molecule has 1 aliphatic rings. The van der Waals surface area contributed by atoms with Crippen LogP contribution in [0.3, 0.4) is 0 Å². The SMILES string of the molecule is CN(C(=O)Cc1ccc(C(F)(F)F)cc1)C1(C#N)CCC1. The van der Waals surface area contributed by atoms with E-state index in [0.717, 1.165) is 18.6 Å². The van der Waals surface area contributed by atoms with E-state index in [4.69, 9.17) is 0 Å². The van der Waals surface area contributed by atoms with Crippen LogP contribution in [0.15, 0.2) is 24.3 Å². The summed E-state index contributed by atoms with van der Waals surface area (Å²) in [6.07, 6.45) is -2.17. The van der Waals surface area contributed by atoms with Crippen LogP contribution >= 0.6 is 0 Å². The summed E-state index contributed by atoms with van der Waals surface area (Å²) in [4.78, 5) is 13.6. The highest BCUT2D eigenvalue weighted by atomic mass is 19.4. The van der Waals surface area contributed by atoms with Gasteiger partial charge in [-0.2, -0.15) is 18.4 Å². The lowest BCUT2D eigenvalue weighted by molar-refractivity contribution is -0.137. The van der Waals surface area contributed by atoms with Crippen molar-refractivity contribution in [3.8, 4) is 6.07 Å². The molecule has 1 fully saturated rings. The predicted octanol–water partition coefficient (Wildman–Crippen LogP) is 3.15. The third-order valence-electron chi connectivity index (χ3n) is 4.04. The van der Waals surface area contributed by atoms with Gasteiger partial charge in [0.15, 0.2) is 0 Å². The fourth-order valence-corrected chi connectivity index (χ4v) is 2.38. The van der Waals surface area contributed by atoms with E-state index in [9.17, 15) is 23.2 Å². The van der Waals surface area contributed by atoms with E-state index < -0.39 is 17.3 Å². The predicted molar refractivity (Wildman–Crippen MR) is 70.1 cm³/mol. The Kier molecular flexibility index (Phi) is 3.95. The molecule has 0 bridgehead atoms. The van der Waals surface area contributed by atoms with E-state index >= 15 is 0 Å². The number of nitriles is 1. The van der Waals surface area contributed by atoms with Gasteiger partial charge in [0.05, 0.1) is 18.1 Å². The Morgan fingerprint density at radius 1 is 1.33 bits per heavy atom. The van der Waals surface area contributed by atoms with Crippen LogP contribution in [-0.2, 0) is 17.4 Å². The molecule has 1 saturated carbocycles. The van der Waals surface area contributed by atoms with Gasteiger partial charge >= 0.3 is 6.18 Å². The monoisotopic (exact) mass is 296 g/mol. The zero-order valence-electron chi connectivity index (χ0n) is 11.6. The van der Waals surface area contributed by atoms with Crippen LogP contribution in [0.2, 0.25) is 0 Å². The second kappa shape index (κ2) is 5.40. The summed E-state index contributed by atoms with van der Waals surface area (Å²) < 4.78 is 37.4. The third kappa shape index (κ3) is 3.02. The van der Waals surface area contributed by atoms with E-state index in [0.29, 0.717) is 18.4 Å². The Bertz CT molecular complexity index is 568. The molecule has 0 aliphatic heterocycles. The maximum atomic E-state index is 12.5. The maximum absolute atomic E-state index is 12.5. The zero-order valence-corrected chi connectivity index (χ0v) is 11.6. The summed E-state index contributed by atoms with van der Waals surface area (Å²) >= 11 is 0. The molecule has 112 valence electrons. The number of hydrogen-bond donors (Lipinski definition) is 0. The van der Waals surface area contributed by atoms with Crippen LogP contribution in [0.1, 0.15) is 30.4 Å². The van der Waals surface area contributed by atoms with Gasteiger partial charge in [0.25, 0.3) is 0 Å². The quantitative estimate of drug-likeness (QED) is 0.860. The number of carbonyl (C=O) groups is 1. The first-order chi connectivity index (χ1) is 9.78. The summed E-state index contributed by atoms with van der Waals surface area (Å²) in [6.45, 7) is 0. The number of halogens is 3. The molecule has 3 nitrogen and oxygen atoms in total. The number of alkyl halides is 3. The van der Waals surface area contributed by atoms with Gasteiger partial charge in [-0.05, 0) is 37.0 Å². The number of benzene rings is 1. The molecule has 1 aromatic rings. The van der Waals surface area contributed by atoms with Gasteiger partial charge in [-0.25, -0.2) is 0 Å². The molecule has 0 heterocycles. The topological polar surface area (TPSA) is 44.1 Å². The summed E-state index contributed by atoms with van der Waals surface area (Å²) in [5.41, 5.74) is -0.963.